The average molecular weight is 877 g/mol. The maximum atomic E-state index is 14.2. The lowest BCUT2D eigenvalue weighted by atomic mass is 9.34. The van der Waals surface area contributed by atoms with E-state index in [2.05, 4.69) is 124 Å². The van der Waals surface area contributed by atoms with Gasteiger partial charge in [0.15, 0.2) is 0 Å². The summed E-state index contributed by atoms with van der Waals surface area (Å²) >= 11 is 0. The van der Waals surface area contributed by atoms with Gasteiger partial charge in [-0.05, 0) is 125 Å². The molecule has 14 rings (SSSR count). The molecular weight excluding hydrogens is 834 g/mol. The summed E-state index contributed by atoms with van der Waals surface area (Å²) in [5, 5.41) is 9.19. The fourth-order valence-electron chi connectivity index (χ4n) is 12.6. The first-order valence-corrected chi connectivity index (χ1v) is 26.9. The molecule has 0 saturated heterocycles. The normalized spacial score (nSPS) is 13.3. The van der Waals surface area contributed by atoms with Crippen LogP contribution < -0.4 is 38.0 Å². The third-order valence-electron chi connectivity index (χ3n) is 15.3. The molecule has 67 heavy (non-hydrogen) atoms. The van der Waals surface area contributed by atoms with Gasteiger partial charge in [-0.3, -0.25) is 0 Å². The number of benzene rings is 10. The molecule has 0 spiro atoms. The molecule has 0 unspecified atom stereocenters. The van der Waals surface area contributed by atoms with Gasteiger partial charge in [-0.15, -0.1) is 0 Å². The maximum absolute atomic E-state index is 14.2. The molecule has 4 nitrogen and oxygen atoms in total. The second kappa shape index (κ2) is 13.8. The van der Waals surface area contributed by atoms with Crippen LogP contribution in [0.15, 0.2) is 158 Å². The van der Waals surface area contributed by atoms with Crippen LogP contribution in [0.3, 0.4) is 0 Å². The fraction of sp³-hybridized carbons (Fsp3) is 0.100. The lowest BCUT2D eigenvalue weighted by molar-refractivity contribution is 0.0464. The van der Waals surface area contributed by atoms with Crippen LogP contribution in [-0.2, 0) is 22.7 Å². The largest absolute Gasteiger partial charge is 0.457 e. The highest BCUT2D eigenvalue weighted by Crippen LogP contribution is 2.47. The molecule has 0 atom stereocenters. The topological polar surface area (TPSA) is 52.6 Å². The van der Waals surface area contributed by atoms with Crippen molar-refractivity contribution in [1.82, 2.24) is 0 Å². The Morgan fingerprint density at radius 3 is 1.34 bits per heavy atom. The van der Waals surface area contributed by atoms with Gasteiger partial charge in [0.25, 0.3) is 0 Å². The van der Waals surface area contributed by atoms with E-state index in [4.69, 9.17) is 9.47 Å². The summed E-state index contributed by atoms with van der Waals surface area (Å²) < 4.78 is 12.1. The fourth-order valence-corrected chi connectivity index (χ4v) is 14.1. The third kappa shape index (κ3) is 5.38. The van der Waals surface area contributed by atoms with Crippen molar-refractivity contribution >= 4 is 104 Å². The number of carbonyl (C=O) groups is 2. The molecule has 0 N–H and O–H groups in total. The Bertz CT molecular complexity index is 3850. The molecule has 4 aliphatic heterocycles. The van der Waals surface area contributed by atoms with E-state index in [0.717, 1.165) is 33.4 Å². The van der Waals surface area contributed by atoms with Gasteiger partial charge in [-0.2, -0.15) is 0 Å². The molecule has 4 aliphatic rings. The van der Waals surface area contributed by atoms with E-state index in [9.17, 15) is 9.59 Å². The van der Waals surface area contributed by atoms with Crippen LogP contribution in [-0.4, -0.2) is 33.4 Å². The summed E-state index contributed by atoms with van der Waals surface area (Å²) in [6.07, 6.45) is 0. The number of hydrogen-bond acceptors (Lipinski definition) is 4. The second-order valence-corrected chi connectivity index (χ2v) is 25.2. The van der Waals surface area contributed by atoms with E-state index in [1.807, 2.05) is 60.7 Å². The minimum absolute atomic E-state index is 0.00771. The zero-order valence-electron chi connectivity index (χ0n) is 37.7. The Morgan fingerprint density at radius 2 is 0.851 bits per heavy atom. The molecule has 7 heteroatoms. The Labute approximate surface area is 390 Å². The standard InChI is InChI=1S/C60H42B2O4Si/c1-33-23-41-45-26-36(59(63)65-31-34-15-7-5-8-16-34)24-43-38-19-12-14-22-49(38)62(57(43)45)51-29-47-52(67(2,3)4)30-42-46-27-37(60(64)66-32-35-17-9-6-10-18-35)25-44-39-20-11-13-21-48(39)61(58(44)46)50-28-40(33)55(53(41)51)56(47)54(42)50/h5-30H,31-32H2,1-4H3. The Kier molecular flexibility index (Phi) is 7.98. The van der Waals surface area contributed by atoms with Crippen LogP contribution in [0.25, 0.3) is 76.8 Å². The summed E-state index contributed by atoms with van der Waals surface area (Å²) in [5.41, 5.74) is 21.2. The average Bonchev–Trinajstić information content (AvgIpc) is 3.87. The molecule has 0 fully saturated rings. The Morgan fingerprint density at radius 1 is 0.433 bits per heavy atom. The molecule has 10 aromatic carbocycles. The van der Waals surface area contributed by atoms with E-state index >= 15 is 0 Å². The summed E-state index contributed by atoms with van der Waals surface area (Å²) in [7, 11) is -2.05. The van der Waals surface area contributed by atoms with Crippen molar-refractivity contribution in [3.05, 3.63) is 186 Å². The number of esters is 2. The minimum Gasteiger partial charge on any atom is -0.457 e. The monoisotopic (exact) mass is 876 g/mol. The van der Waals surface area contributed by atoms with Crippen LogP contribution in [0.1, 0.15) is 37.4 Å². The van der Waals surface area contributed by atoms with Gasteiger partial charge >= 0.3 is 11.9 Å². The zero-order valence-corrected chi connectivity index (χ0v) is 38.7. The molecule has 0 saturated carbocycles. The van der Waals surface area contributed by atoms with E-state index in [1.54, 1.807) is 0 Å². The predicted molar refractivity (Wildman–Crippen MR) is 280 cm³/mol. The molecule has 0 aliphatic carbocycles. The molecule has 0 amide bonds. The van der Waals surface area contributed by atoms with Crippen LogP contribution in [0.2, 0.25) is 19.6 Å². The van der Waals surface area contributed by atoms with Crippen molar-refractivity contribution in [3.8, 4) is 44.5 Å². The van der Waals surface area contributed by atoms with Crippen LogP contribution >= 0.6 is 0 Å². The van der Waals surface area contributed by atoms with Crippen LogP contribution in [0, 0.1) is 6.92 Å². The van der Waals surface area contributed by atoms with Gasteiger partial charge in [0.05, 0.1) is 19.2 Å². The van der Waals surface area contributed by atoms with Crippen molar-refractivity contribution in [3.63, 3.8) is 0 Å². The summed E-state index contributed by atoms with van der Waals surface area (Å²) in [5.74, 6) is -0.638. The van der Waals surface area contributed by atoms with Gasteiger partial charge < -0.3 is 9.47 Å². The molecule has 0 radical (unpaired) electrons. The predicted octanol–water partition coefficient (Wildman–Crippen LogP) is 9.11. The lowest BCUT2D eigenvalue weighted by Crippen LogP contribution is -2.53. The highest BCUT2D eigenvalue weighted by molar-refractivity contribution is 7.03. The van der Waals surface area contributed by atoms with Gasteiger partial charge in [0, 0.05) is 0 Å². The molecule has 316 valence electrons. The molecule has 0 bridgehead atoms. The second-order valence-electron chi connectivity index (χ2n) is 20.1. The molecule has 10 aromatic rings. The van der Waals surface area contributed by atoms with Crippen LogP contribution in [0.5, 0.6) is 0 Å². The number of rotatable bonds is 7. The van der Waals surface area contributed by atoms with Crippen molar-refractivity contribution in [2.24, 2.45) is 0 Å². The first-order valence-electron chi connectivity index (χ1n) is 23.4. The Balaban J connectivity index is 1.06. The highest BCUT2D eigenvalue weighted by atomic mass is 28.3. The highest BCUT2D eigenvalue weighted by Gasteiger charge is 2.45. The molecular formula is C60H42B2O4Si. The summed E-state index contributed by atoms with van der Waals surface area (Å²) in [4.78, 5) is 28.4. The number of fused-ring (bicyclic) bond motifs is 10. The SMILES string of the molecule is Cc1cc2c3c(cc4c([Si](C)(C)C)cc5c6c(cc1c3c46)B1c3ccccc3-c3cc(C(=O)OCc4ccccc4)cc-5c31)B1c3ccccc3-c3cc(C(=O)OCc4ccccc4)cc-2c31. The minimum atomic E-state index is -2.05. The van der Waals surface area contributed by atoms with Crippen molar-refractivity contribution < 1.29 is 19.1 Å². The lowest BCUT2D eigenvalue weighted by Gasteiger charge is -2.34. The van der Waals surface area contributed by atoms with Gasteiger partial charge in [-0.1, -0.05) is 191 Å². The van der Waals surface area contributed by atoms with E-state index in [0.29, 0.717) is 11.1 Å². The first-order chi connectivity index (χ1) is 32.6. The summed E-state index contributed by atoms with van der Waals surface area (Å²) in [6, 6.07) is 55.8. The van der Waals surface area contributed by atoms with Crippen LogP contribution in [0.4, 0.5) is 0 Å². The van der Waals surface area contributed by atoms with Gasteiger partial charge in [0.2, 0.25) is 13.4 Å². The maximum Gasteiger partial charge on any atom is 0.338 e. The number of hydrogen-bond donors (Lipinski definition) is 0. The number of aryl methyl sites for hydroxylation is 1. The zero-order chi connectivity index (χ0) is 45.0. The summed E-state index contributed by atoms with van der Waals surface area (Å²) in [6.45, 7) is 10.1. The van der Waals surface area contributed by atoms with Crippen molar-refractivity contribution in [2.45, 2.75) is 39.8 Å². The Hall–Kier alpha value is -7.47. The molecule has 4 heterocycles. The third-order valence-corrected chi connectivity index (χ3v) is 17.4. The smallest absolute Gasteiger partial charge is 0.338 e. The van der Waals surface area contributed by atoms with Crippen molar-refractivity contribution in [2.75, 3.05) is 0 Å². The number of carbonyl (C=O) groups excluding carboxylic acids is 2. The van der Waals surface area contributed by atoms with E-state index in [1.165, 1.54) is 98.1 Å². The quantitative estimate of drug-likeness (QED) is 0.0912. The number of ether oxygens (including phenoxy) is 2. The van der Waals surface area contributed by atoms with Gasteiger partial charge in [0.1, 0.15) is 13.2 Å². The van der Waals surface area contributed by atoms with Gasteiger partial charge in [-0.25, -0.2) is 9.59 Å². The van der Waals surface area contributed by atoms with E-state index in [-0.39, 0.29) is 38.6 Å². The molecule has 0 aromatic heterocycles. The first kappa shape index (κ1) is 38.8. The van der Waals surface area contributed by atoms with Crippen molar-refractivity contribution in [1.29, 1.82) is 0 Å². The van der Waals surface area contributed by atoms with E-state index < -0.39 is 8.07 Å².